The number of hydrogen-bond donors (Lipinski definition) is 1. The van der Waals surface area contributed by atoms with E-state index in [0.717, 1.165) is 25.8 Å². The van der Waals surface area contributed by atoms with Gasteiger partial charge in [0.25, 0.3) is 0 Å². The molecule has 1 N–H and O–H groups in total. The van der Waals surface area contributed by atoms with E-state index in [1.807, 2.05) is 0 Å². The molecule has 1 aliphatic rings. The molecule has 0 bridgehead atoms. The maximum atomic E-state index is 12.7. The summed E-state index contributed by atoms with van der Waals surface area (Å²) in [6, 6.07) is 0.0198. The maximum Gasteiger partial charge on any atom is 0.241 e. The van der Waals surface area contributed by atoms with Gasteiger partial charge in [0.05, 0.1) is 12.2 Å². The summed E-state index contributed by atoms with van der Waals surface area (Å²) in [7, 11) is 0. The van der Waals surface area contributed by atoms with Crippen LogP contribution in [0.5, 0.6) is 0 Å². The third kappa shape index (κ3) is 4.76. The Kier molecular flexibility index (Phi) is 6.06. The first-order valence-electron chi connectivity index (χ1n) is 8.22. The number of nitrogens with one attached hydrogen (secondary N) is 1. The lowest BCUT2D eigenvalue weighted by Gasteiger charge is -2.33. The number of amides is 1. The van der Waals surface area contributed by atoms with E-state index in [-0.39, 0.29) is 17.6 Å². The largest absolute Gasteiger partial charge is 0.325 e. The highest BCUT2D eigenvalue weighted by Crippen LogP contribution is 2.28. The van der Waals surface area contributed by atoms with Crippen molar-refractivity contribution in [2.45, 2.75) is 79.9 Å². The third-order valence-electron chi connectivity index (χ3n) is 4.31. The van der Waals surface area contributed by atoms with Crippen LogP contribution in [0.2, 0.25) is 0 Å². The second-order valence-corrected chi connectivity index (χ2v) is 7.98. The summed E-state index contributed by atoms with van der Waals surface area (Å²) < 4.78 is 0. The number of nitrogens with zero attached hydrogens (tertiary/aromatic N) is 1. The fourth-order valence-corrected chi connectivity index (χ4v) is 2.79. The number of carbonyl (C=O) groups excluding carboxylic acids is 1. The first kappa shape index (κ1) is 17.5. The molecular weight excluding hydrogens is 248 g/mol. The molecule has 1 heterocycles. The fourth-order valence-electron chi connectivity index (χ4n) is 2.79. The summed E-state index contributed by atoms with van der Waals surface area (Å²) in [5, 5.41) is 3.58. The van der Waals surface area contributed by atoms with Crippen molar-refractivity contribution in [1.82, 2.24) is 10.2 Å². The highest BCUT2D eigenvalue weighted by Gasteiger charge is 2.40. The highest BCUT2D eigenvalue weighted by atomic mass is 16.2. The van der Waals surface area contributed by atoms with Crippen LogP contribution in [0.1, 0.15) is 67.7 Å². The predicted octanol–water partition coefficient (Wildman–Crippen LogP) is 3.64. The Morgan fingerprint density at radius 3 is 2.15 bits per heavy atom. The monoisotopic (exact) mass is 282 g/mol. The molecule has 118 valence electrons. The predicted molar refractivity (Wildman–Crippen MR) is 85.4 cm³/mol. The molecule has 0 aromatic rings. The van der Waals surface area contributed by atoms with Gasteiger partial charge in [-0.05, 0) is 36.5 Å². The molecule has 2 atom stereocenters. The van der Waals surface area contributed by atoms with Crippen molar-refractivity contribution < 1.29 is 4.79 Å². The molecular formula is C17H34N2O. The molecule has 0 aromatic carbocycles. The third-order valence-corrected chi connectivity index (χ3v) is 4.31. The van der Waals surface area contributed by atoms with Crippen molar-refractivity contribution in [3.63, 3.8) is 0 Å². The van der Waals surface area contributed by atoms with Crippen LogP contribution in [0.3, 0.4) is 0 Å². The summed E-state index contributed by atoms with van der Waals surface area (Å²) in [6.45, 7) is 16.4. The molecule has 0 aliphatic carbocycles. The van der Waals surface area contributed by atoms with Crippen molar-refractivity contribution in [2.24, 2.45) is 17.3 Å². The molecule has 3 nitrogen and oxygen atoms in total. The van der Waals surface area contributed by atoms with Crippen LogP contribution < -0.4 is 5.32 Å². The maximum absolute atomic E-state index is 12.7. The molecule has 2 unspecified atom stereocenters. The molecule has 1 rings (SSSR count). The number of hydrogen-bond acceptors (Lipinski definition) is 2. The Bertz CT molecular complexity index is 323. The lowest BCUT2D eigenvalue weighted by molar-refractivity contribution is -0.131. The normalized spacial score (nSPS) is 24.2. The molecule has 20 heavy (non-hydrogen) atoms. The van der Waals surface area contributed by atoms with E-state index < -0.39 is 0 Å². The van der Waals surface area contributed by atoms with Crippen molar-refractivity contribution in [2.75, 3.05) is 6.54 Å². The molecule has 3 heteroatoms. The lowest BCUT2D eigenvalue weighted by atomic mass is 9.89. The summed E-state index contributed by atoms with van der Waals surface area (Å²) in [4.78, 5) is 14.8. The fraction of sp³-hybridized carbons (Fsp3) is 0.941. The van der Waals surface area contributed by atoms with E-state index in [9.17, 15) is 4.79 Å². The van der Waals surface area contributed by atoms with Crippen LogP contribution >= 0.6 is 0 Å². The van der Waals surface area contributed by atoms with Crippen LogP contribution in [0.15, 0.2) is 0 Å². The van der Waals surface area contributed by atoms with E-state index in [0.29, 0.717) is 17.7 Å². The Morgan fingerprint density at radius 1 is 1.15 bits per heavy atom. The molecule has 0 aromatic heterocycles. The first-order valence-corrected chi connectivity index (χ1v) is 8.22. The second kappa shape index (κ2) is 6.93. The smallest absolute Gasteiger partial charge is 0.241 e. The van der Waals surface area contributed by atoms with Gasteiger partial charge >= 0.3 is 0 Å². The number of carbonyl (C=O) groups is 1. The SMILES string of the molecule is CCC(C)(C)CN1C(=O)C(CC(C)C)NC1CC(C)C. The minimum absolute atomic E-state index is 0.0198. The van der Waals surface area contributed by atoms with Crippen LogP contribution in [0, 0.1) is 17.3 Å². The Morgan fingerprint density at radius 2 is 1.70 bits per heavy atom. The second-order valence-electron chi connectivity index (χ2n) is 7.98. The zero-order valence-electron chi connectivity index (χ0n) is 14.5. The summed E-state index contributed by atoms with van der Waals surface area (Å²) in [5.74, 6) is 1.46. The Labute approximate surface area is 125 Å². The van der Waals surface area contributed by atoms with Gasteiger partial charge in [-0.3, -0.25) is 10.1 Å². The Hall–Kier alpha value is -0.570. The van der Waals surface area contributed by atoms with E-state index in [1.165, 1.54) is 0 Å². The molecule has 1 saturated heterocycles. The molecule has 1 amide bonds. The van der Waals surface area contributed by atoms with Gasteiger partial charge in [0.2, 0.25) is 5.91 Å². The van der Waals surface area contributed by atoms with E-state index in [2.05, 4.69) is 58.7 Å². The van der Waals surface area contributed by atoms with Gasteiger partial charge < -0.3 is 4.90 Å². The lowest BCUT2D eigenvalue weighted by Crippen LogP contribution is -2.43. The molecule has 0 spiro atoms. The van der Waals surface area contributed by atoms with Gasteiger partial charge in [0, 0.05) is 6.54 Å². The summed E-state index contributed by atoms with van der Waals surface area (Å²) >= 11 is 0. The van der Waals surface area contributed by atoms with Crippen LogP contribution in [0.4, 0.5) is 0 Å². The van der Waals surface area contributed by atoms with Crippen LogP contribution in [-0.4, -0.2) is 29.6 Å². The Balaban J connectivity index is 2.82. The summed E-state index contributed by atoms with van der Waals surface area (Å²) in [6.07, 6.45) is 3.30. The van der Waals surface area contributed by atoms with Crippen LogP contribution in [0.25, 0.3) is 0 Å². The van der Waals surface area contributed by atoms with Gasteiger partial charge in [0.1, 0.15) is 0 Å². The van der Waals surface area contributed by atoms with Gasteiger partial charge in [-0.2, -0.15) is 0 Å². The van der Waals surface area contributed by atoms with Crippen molar-refractivity contribution >= 4 is 5.91 Å². The molecule has 1 aliphatic heterocycles. The quantitative estimate of drug-likeness (QED) is 0.773. The van der Waals surface area contributed by atoms with Crippen molar-refractivity contribution in [1.29, 1.82) is 0 Å². The van der Waals surface area contributed by atoms with Gasteiger partial charge in [0.15, 0.2) is 0 Å². The van der Waals surface area contributed by atoms with Crippen molar-refractivity contribution in [3.05, 3.63) is 0 Å². The van der Waals surface area contributed by atoms with Crippen LogP contribution in [-0.2, 0) is 4.79 Å². The standard InChI is InChI=1S/C17H34N2O/c1-8-17(6,7)11-19-15(10-13(4)5)18-14(16(19)20)9-12(2)3/h12-15,18H,8-11H2,1-7H3. The van der Waals surface area contributed by atoms with Crippen molar-refractivity contribution in [3.8, 4) is 0 Å². The topological polar surface area (TPSA) is 32.3 Å². The van der Waals surface area contributed by atoms with Gasteiger partial charge in [-0.1, -0.05) is 48.5 Å². The van der Waals surface area contributed by atoms with Gasteiger partial charge in [-0.15, -0.1) is 0 Å². The highest BCUT2D eigenvalue weighted by molar-refractivity contribution is 5.84. The average Bonchev–Trinajstić information content (AvgIpc) is 2.56. The zero-order valence-corrected chi connectivity index (χ0v) is 14.5. The molecule has 0 saturated carbocycles. The minimum atomic E-state index is 0.0198. The van der Waals surface area contributed by atoms with E-state index in [4.69, 9.17) is 0 Å². The molecule has 0 radical (unpaired) electrons. The molecule has 1 fully saturated rings. The summed E-state index contributed by atoms with van der Waals surface area (Å²) in [5.41, 5.74) is 0.194. The first-order chi connectivity index (χ1) is 9.16. The zero-order chi connectivity index (χ0) is 15.5. The minimum Gasteiger partial charge on any atom is -0.325 e. The van der Waals surface area contributed by atoms with E-state index >= 15 is 0 Å². The average molecular weight is 282 g/mol. The number of rotatable bonds is 7. The van der Waals surface area contributed by atoms with Gasteiger partial charge in [-0.25, -0.2) is 0 Å². The van der Waals surface area contributed by atoms with E-state index in [1.54, 1.807) is 0 Å².